The molecule has 27 heavy (non-hydrogen) atoms. The lowest BCUT2D eigenvalue weighted by atomic mass is 10.2. The van der Waals surface area contributed by atoms with Crippen LogP contribution in [0.25, 0.3) is 0 Å². The summed E-state index contributed by atoms with van der Waals surface area (Å²) in [6, 6.07) is 11.7. The number of hydrogen-bond acceptors (Lipinski definition) is 2. The number of anilines is 1. The van der Waals surface area contributed by atoms with Gasteiger partial charge in [0.25, 0.3) is 10.0 Å². The first-order chi connectivity index (χ1) is 12.3. The molecule has 0 saturated carbocycles. The molecule has 3 nitrogen and oxygen atoms in total. The van der Waals surface area contributed by atoms with Crippen LogP contribution in [0.1, 0.15) is 11.1 Å². The zero-order valence-corrected chi connectivity index (χ0v) is 20.4. The smallest absolute Gasteiger partial charge is 0.264 e. The molecule has 146 valence electrons. The Morgan fingerprint density at radius 3 is 1.85 bits per heavy atom. The average Bonchev–Trinajstić information content (AvgIpc) is 2.97. The minimum atomic E-state index is -3.54. The number of benzene rings is 2. The number of hydrogen-bond donors (Lipinski definition) is 0. The van der Waals surface area contributed by atoms with E-state index in [0.717, 1.165) is 17.7 Å². The molecule has 0 atom stereocenters. The van der Waals surface area contributed by atoms with E-state index in [9.17, 15) is 8.42 Å². The van der Waals surface area contributed by atoms with Gasteiger partial charge in [-0.1, -0.05) is 74.3 Å². The maximum atomic E-state index is 13.5. The standard InChI is InChI=1S/C21H31NO2SSi2/c1-16-8-10-17(11-9-16)25(23,24)22-15-14-18-19(26(2,3)4)12-13-20(21(18)22)27(5,6)7/h8-13H,14-15H2,1-7H3. The number of nitrogens with zero attached hydrogens (tertiary/aromatic N) is 1. The van der Waals surface area contributed by atoms with E-state index >= 15 is 0 Å². The average molecular weight is 418 g/mol. The molecule has 1 heterocycles. The van der Waals surface area contributed by atoms with Crippen LogP contribution in [0.2, 0.25) is 39.3 Å². The Labute approximate surface area is 166 Å². The molecule has 1 aliphatic rings. The first kappa shape index (κ1) is 20.4. The molecule has 1 aliphatic heterocycles. The van der Waals surface area contributed by atoms with Gasteiger partial charge in [-0.15, -0.1) is 0 Å². The Morgan fingerprint density at radius 2 is 1.33 bits per heavy atom. The Hall–Kier alpha value is -1.38. The lowest BCUT2D eigenvalue weighted by Gasteiger charge is -2.30. The van der Waals surface area contributed by atoms with Crippen molar-refractivity contribution >= 4 is 42.2 Å². The molecule has 0 saturated heterocycles. The Balaban J connectivity index is 2.24. The van der Waals surface area contributed by atoms with Crippen molar-refractivity contribution in [3.05, 3.63) is 47.5 Å². The van der Waals surface area contributed by atoms with Gasteiger partial charge in [0.05, 0.1) is 26.7 Å². The van der Waals surface area contributed by atoms with E-state index in [1.807, 2.05) is 19.1 Å². The number of sulfonamides is 1. The van der Waals surface area contributed by atoms with Gasteiger partial charge < -0.3 is 0 Å². The summed E-state index contributed by atoms with van der Waals surface area (Å²) in [4.78, 5) is 0.390. The number of fused-ring (bicyclic) bond motifs is 1. The van der Waals surface area contributed by atoms with E-state index in [1.54, 1.807) is 16.4 Å². The summed E-state index contributed by atoms with van der Waals surface area (Å²) in [5.74, 6) is 0. The van der Waals surface area contributed by atoms with Crippen LogP contribution < -0.4 is 14.7 Å². The molecule has 0 fully saturated rings. The van der Waals surface area contributed by atoms with E-state index in [1.165, 1.54) is 15.9 Å². The SMILES string of the molecule is Cc1ccc(S(=O)(=O)N2CCc3c([Si](C)(C)C)ccc([Si](C)(C)C)c32)cc1. The van der Waals surface area contributed by atoms with Crippen molar-refractivity contribution in [2.24, 2.45) is 0 Å². The third-order valence-corrected chi connectivity index (χ3v) is 11.2. The van der Waals surface area contributed by atoms with Gasteiger partial charge in [0.1, 0.15) is 0 Å². The fourth-order valence-electron chi connectivity index (χ4n) is 3.89. The van der Waals surface area contributed by atoms with Gasteiger partial charge in [-0.3, -0.25) is 4.31 Å². The third kappa shape index (κ3) is 3.67. The molecule has 0 radical (unpaired) electrons. The summed E-state index contributed by atoms with van der Waals surface area (Å²) in [5.41, 5.74) is 3.35. The van der Waals surface area contributed by atoms with Crippen molar-refractivity contribution in [2.75, 3.05) is 10.8 Å². The van der Waals surface area contributed by atoms with Crippen LogP contribution in [-0.4, -0.2) is 31.1 Å². The predicted molar refractivity (Wildman–Crippen MR) is 122 cm³/mol. The zero-order valence-electron chi connectivity index (χ0n) is 17.6. The predicted octanol–water partition coefficient (Wildman–Crippen LogP) is 3.84. The fourth-order valence-corrected chi connectivity index (χ4v) is 8.79. The Morgan fingerprint density at radius 1 is 0.815 bits per heavy atom. The highest BCUT2D eigenvalue weighted by Crippen LogP contribution is 2.33. The van der Waals surface area contributed by atoms with Crippen LogP contribution in [0.4, 0.5) is 5.69 Å². The van der Waals surface area contributed by atoms with Crippen molar-refractivity contribution in [1.29, 1.82) is 0 Å². The van der Waals surface area contributed by atoms with Gasteiger partial charge in [-0.05, 0) is 36.2 Å². The van der Waals surface area contributed by atoms with Gasteiger partial charge in [0.15, 0.2) is 0 Å². The summed E-state index contributed by atoms with van der Waals surface area (Å²) in [5, 5.41) is 2.66. The summed E-state index contributed by atoms with van der Waals surface area (Å²) in [6.45, 7) is 16.4. The van der Waals surface area contributed by atoms with E-state index in [0.29, 0.717) is 11.4 Å². The first-order valence-corrected chi connectivity index (χ1v) is 18.0. The van der Waals surface area contributed by atoms with Crippen molar-refractivity contribution in [3.8, 4) is 0 Å². The second-order valence-electron chi connectivity index (χ2n) is 9.63. The topological polar surface area (TPSA) is 37.4 Å². The molecule has 0 aliphatic carbocycles. The summed E-state index contributed by atoms with van der Waals surface area (Å²) in [7, 11) is -6.79. The molecule has 0 unspecified atom stereocenters. The normalized spacial score (nSPS) is 15.1. The maximum absolute atomic E-state index is 13.5. The summed E-state index contributed by atoms with van der Waals surface area (Å²) >= 11 is 0. The van der Waals surface area contributed by atoms with Crippen LogP contribution in [-0.2, 0) is 16.4 Å². The Bertz CT molecular complexity index is 969. The molecule has 0 amide bonds. The summed E-state index contributed by atoms with van der Waals surface area (Å²) in [6.07, 6.45) is 0.818. The van der Waals surface area contributed by atoms with Gasteiger partial charge in [0.2, 0.25) is 0 Å². The molecule has 0 bridgehead atoms. The van der Waals surface area contributed by atoms with Gasteiger partial charge in [-0.25, -0.2) is 8.42 Å². The van der Waals surface area contributed by atoms with Crippen molar-refractivity contribution in [2.45, 2.75) is 57.5 Å². The number of aryl methyl sites for hydroxylation is 1. The largest absolute Gasteiger partial charge is 0.266 e. The molecule has 0 spiro atoms. The minimum Gasteiger partial charge on any atom is -0.266 e. The van der Waals surface area contributed by atoms with Crippen molar-refractivity contribution in [1.82, 2.24) is 0 Å². The second kappa shape index (κ2) is 6.60. The van der Waals surface area contributed by atoms with E-state index < -0.39 is 26.2 Å². The lowest BCUT2D eigenvalue weighted by Crippen LogP contribution is -2.46. The van der Waals surface area contributed by atoms with E-state index in [-0.39, 0.29) is 0 Å². The molecule has 2 aromatic rings. The first-order valence-electron chi connectivity index (χ1n) is 9.60. The van der Waals surface area contributed by atoms with Crippen molar-refractivity contribution < 1.29 is 8.42 Å². The monoisotopic (exact) mass is 417 g/mol. The van der Waals surface area contributed by atoms with E-state index in [4.69, 9.17) is 0 Å². The van der Waals surface area contributed by atoms with E-state index in [2.05, 4.69) is 51.4 Å². The fraction of sp³-hybridized carbons (Fsp3) is 0.429. The highest BCUT2D eigenvalue weighted by molar-refractivity contribution is 7.92. The van der Waals surface area contributed by atoms with Gasteiger partial charge in [-0.2, -0.15) is 0 Å². The Kier molecular flexibility index (Phi) is 4.98. The third-order valence-electron chi connectivity index (χ3n) is 5.32. The van der Waals surface area contributed by atoms with Gasteiger partial charge >= 0.3 is 0 Å². The zero-order chi connectivity index (χ0) is 20.2. The minimum absolute atomic E-state index is 0.390. The van der Waals surface area contributed by atoms with Crippen LogP contribution in [0.5, 0.6) is 0 Å². The molecule has 2 aromatic carbocycles. The molecule has 3 rings (SSSR count). The van der Waals surface area contributed by atoms with Crippen LogP contribution in [0.15, 0.2) is 41.3 Å². The molecule has 6 heteroatoms. The van der Waals surface area contributed by atoms with Crippen LogP contribution >= 0.6 is 0 Å². The van der Waals surface area contributed by atoms with Crippen LogP contribution in [0.3, 0.4) is 0 Å². The molecule has 0 aromatic heterocycles. The molecular formula is C21H31NO2SSi2. The number of rotatable bonds is 4. The van der Waals surface area contributed by atoms with Crippen LogP contribution in [0, 0.1) is 6.92 Å². The molecular weight excluding hydrogens is 386 g/mol. The lowest BCUT2D eigenvalue weighted by molar-refractivity contribution is 0.592. The van der Waals surface area contributed by atoms with Crippen molar-refractivity contribution in [3.63, 3.8) is 0 Å². The highest BCUT2D eigenvalue weighted by atomic mass is 32.2. The maximum Gasteiger partial charge on any atom is 0.264 e. The highest BCUT2D eigenvalue weighted by Gasteiger charge is 2.38. The van der Waals surface area contributed by atoms with Gasteiger partial charge in [0, 0.05) is 6.54 Å². The summed E-state index contributed by atoms with van der Waals surface area (Å²) < 4.78 is 28.7. The second-order valence-corrected chi connectivity index (χ2v) is 21.6. The molecule has 0 N–H and O–H groups in total. The quantitative estimate of drug-likeness (QED) is 0.709.